The standard InChI is InChI=1S/C15H23F2N/c1-4-8-18-11-15(3,5-2)10-12-9-13(16)6-7-14(12)17/h6-7,9,18H,4-5,8,10-11H2,1-3H3. The molecule has 102 valence electrons. The van der Waals surface area contributed by atoms with Crippen molar-refractivity contribution in [3.05, 3.63) is 35.4 Å². The van der Waals surface area contributed by atoms with E-state index >= 15 is 0 Å². The molecule has 0 aromatic heterocycles. The first kappa shape index (κ1) is 15.1. The second-order valence-corrected chi connectivity index (χ2v) is 5.25. The van der Waals surface area contributed by atoms with Gasteiger partial charge >= 0.3 is 0 Å². The number of rotatable bonds is 7. The van der Waals surface area contributed by atoms with Crippen LogP contribution in [0, 0.1) is 17.0 Å². The first-order valence-electron chi connectivity index (χ1n) is 6.65. The molecule has 1 nitrogen and oxygen atoms in total. The minimum atomic E-state index is -0.369. The van der Waals surface area contributed by atoms with Crippen molar-refractivity contribution in [2.45, 2.75) is 40.0 Å². The van der Waals surface area contributed by atoms with E-state index in [1.807, 2.05) is 0 Å². The smallest absolute Gasteiger partial charge is 0.126 e. The molecule has 0 amide bonds. The number of hydrogen-bond donors (Lipinski definition) is 1. The average Bonchev–Trinajstić information content (AvgIpc) is 2.34. The van der Waals surface area contributed by atoms with E-state index in [-0.39, 0.29) is 17.0 Å². The summed E-state index contributed by atoms with van der Waals surface area (Å²) in [4.78, 5) is 0. The Morgan fingerprint density at radius 1 is 1.22 bits per heavy atom. The van der Waals surface area contributed by atoms with Gasteiger partial charge in [-0.1, -0.05) is 20.8 Å². The van der Waals surface area contributed by atoms with Crippen molar-refractivity contribution in [2.75, 3.05) is 13.1 Å². The van der Waals surface area contributed by atoms with Crippen LogP contribution in [-0.4, -0.2) is 13.1 Å². The van der Waals surface area contributed by atoms with E-state index in [1.165, 1.54) is 12.1 Å². The van der Waals surface area contributed by atoms with Gasteiger partial charge in [0.25, 0.3) is 0 Å². The highest BCUT2D eigenvalue weighted by Gasteiger charge is 2.23. The molecule has 0 heterocycles. The zero-order chi connectivity index (χ0) is 13.6. The van der Waals surface area contributed by atoms with E-state index in [4.69, 9.17) is 0 Å². The quantitative estimate of drug-likeness (QED) is 0.728. The van der Waals surface area contributed by atoms with E-state index in [9.17, 15) is 8.78 Å². The van der Waals surface area contributed by atoms with E-state index in [0.717, 1.165) is 32.0 Å². The first-order chi connectivity index (χ1) is 8.50. The topological polar surface area (TPSA) is 12.0 Å². The van der Waals surface area contributed by atoms with Crippen LogP contribution in [0.25, 0.3) is 0 Å². The fourth-order valence-electron chi connectivity index (χ4n) is 2.02. The van der Waals surface area contributed by atoms with Gasteiger partial charge in [0.1, 0.15) is 11.6 Å². The van der Waals surface area contributed by atoms with Gasteiger partial charge < -0.3 is 5.32 Å². The maximum Gasteiger partial charge on any atom is 0.126 e. The van der Waals surface area contributed by atoms with Gasteiger partial charge in [-0.05, 0) is 55.0 Å². The van der Waals surface area contributed by atoms with Gasteiger partial charge in [0.2, 0.25) is 0 Å². The Kier molecular flexibility index (Phi) is 5.73. The fraction of sp³-hybridized carbons (Fsp3) is 0.600. The summed E-state index contributed by atoms with van der Waals surface area (Å²) in [6.45, 7) is 8.10. The molecule has 3 heteroatoms. The van der Waals surface area contributed by atoms with Crippen LogP contribution in [-0.2, 0) is 6.42 Å². The van der Waals surface area contributed by atoms with Crippen molar-refractivity contribution in [1.82, 2.24) is 5.32 Å². The number of halogens is 2. The summed E-state index contributed by atoms with van der Waals surface area (Å²) >= 11 is 0. The molecular weight excluding hydrogens is 232 g/mol. The van der Waals surface area contributed by atoms with Gasteiger partial charge in [0.05, 0.1) is 0 Å². The molecule has 1 rings (SSSR count). The Hall–Kier alpha value is -0.960. The fourth-order valence-corrected chi connectivity index (χ4v) is 2.02. The monoisotopic (exact) mass is 255 g/mol. The Balaban J connectivity index is 2.74. The Morgan fingerprint density at radius 2 is 1.94 bits per heavy atom. The van der Waals surface area contributed by atoms with E-state index in [2.05, 4.69) is 26.1 Å². The second-order valence-electron chi connectivity index (χ2n) is 5.25. The van der Waals surface area contributed by atoms with Gasteiger partial charge in [-0.15, -0.1) is 0 Å². The summed E-state index contributed by atoms with van der Waals surface area (Å²) in [5.41, 5.74) is 0.432. The van der Waals surface area contributed by atoms with Crippen molar-refractivity contribution in [2.24, 2.45) is 5.41 Å². The molecule has 0 bridgehead atoms. The van der Waals surface area contributed by atoms with Crippen LogP contribution in [0.1, 0.15) is 39.2 Å². The maximum absolute atomic E-state index is 13.6. The van der Waals surface area contributed by atoms with E-state index < -0.39 is 0 Å². The van der Waals surface area contributed by atoms with Gasteiger partial charge in [0.15, 0.2) is 0 Å². The molecule has 0 saturated carbocycles. The minimum absolute atomic E-state index is 0.0379. The molecule has 0 spiro atoms. The first-order valence-corrected chi connectivity index (χ1v) is 6.65. The van der Waals surface area contributed by atoms with Crippen molar-refractivity contribution >= 4 is 0 Å². The number of benzene rings is 1. The molecule has 1 aromatic rings. The summed E-state index contributed by atoms with van der Waals surface area (Å²) < 4.78 is 26.8. The van der Waals surface area contributed by atoms with Crippen LogP contribution >= 0.6 is 0 Å². The van der Waals surface area contributed by atoms with Gasteiger partial charge in [-0.2, -0.15) is 0 Å². The van der Waals surface area contributed by atoms with Crippen LogP contribution < -0.4 is 5.32 Å². The molecule has 0 saturated heterocycles. The van der Waals surface area contributed by atoms with Crippen LogP contribution in [0.2, 0.25) is 0 Å². The Labute approximate surface area is 109 Å². The Bertz CT molecular complexity index is 379. The van der Waals surface area contributed by atoms with Gasteiger partial charge in [-0.25, -0.2) is 8.78 Å². The van der Waals surface area contributed by atoms with E-state index in [0.29, 0.717) is 12.0 Å². The molecular formula is C15H23F2N. The number of hydrogen-bond acceptors (Lipinski definition) is 1. The van der Waals surface area contributed by atoms with Crippen LogP contribution in [0.5, 0.6) is 0 Å². The lowest BCUT2D eigenvalue weighted by Gasteiger charge is -2.29. The molecule has 0 radical (unpaired) electrons. The zero-order valence-electron chi connectivity index (χ0n) is 11.5. The summed E-state index contributed by atoms with van der Waals surface area (Å²) in [5, 5.41) is 3.36. The normalized spacial score (nSPS) is 14.5. The molecule has 1 atom stereocenters. The summed E-state index contributed by atoms with van der Waals surface area (Å²) in [7, 11) is 0. The predicted molar refractivity (Wildman–Crippen MR) is 71.6 cm³/mol. The van der Waals surface area contributed by atoms with Crippen molar-refractivity contribution in [3.8, 4) is 0 Å². The summed E-state index contributed by atoms with van der Waals surface area (Å²) in [5.74, 6) is -0.682. The van der Waals surface area contributed by atoms with Crippen molar-refractivity contribution in [1.29, 1.82) is 0 Å². The lowest BCUT2D eigenvalue weighted by atomic mass is 9.81. The lowest BCUT2D eigenvalue weighted by molar-refractivity contribution is 0.287. The highest BCUT2D eigenvalue weighted by molar-refractivity contribution is 5.20. The van der Waals surface area contributed by atoms with Crippen LogP contribution in [0.4, 0.5) is 8.78 Å². The Morgan fingerprint density at radius 3 is 2.56 bits per heavy atom. The minimum Gasteiger partial charge on any atom is -0.316 e. The number of nitrogens with one attached hydrogen (secondary N) is 1. The highest BCUT2D eigenvalue weighted by atomic mass is 19.1. The van der Waals surface area contributed by atoms with Gasteiger partial charge in [-0.3, -0.25) is 0 Å². The SMILES string of the molecule is CCCNCC(C)(CC)Cc1cc(F)ccc1F. The molecule has 0 aliphatic carbocycles. The average molecular weight is 255 g/mol. The largest absolute Gasteiger partial charge is 0.316 e. The molecule has 1 aromatic carbocycles. The van der Waals surface area contributed by atoms with Crippen LogP contribution in [0.15, 0.2) is 18.2 Å². The molecule has 0 aliphatic heterocycles. The summed E-state index contributed by atoms with van der Waals surface area (Å²) in [6, 6.07) is 3.68. The van der Waals surface area contributed by atoms with Crippen LogP contribution in [0.3, 0.4) is 0 Å². The van der Waals surface area contributed by atoms with E-state index in [1.54, 1.807) is 0 Å². The highest BCUT2D eigenvalue weighted by Crippen LogP contribution is 2.27. The summed E-state index contributed by atoms with van der Waals surface area (Å²) in [6.07, 6.45) is 2.57. The molecule has 0 fully saturated rings. The molecule has 0 aliphatic rings. The predicted octanol–water partition coefficient (Wildman–Crippen LogP) is 3.92. The third-order valence-corrected chi connectivity index (χ3v) is 3.46. The van der Waals surface area contributed by atoms with Crippen molar-refractivity contribution < 1.29 is 8.78 Å². The second kappa shape index (κ2) is 6.83. The molecule has 1 unspecified atom stereocenters. The third kappa shape index (κ3) is 4.37. The van der Waals surface area contributed by atoms with Gasteiger partial charge in [0, 0.05) is 6.54 Å². The maximum atomic E-state index is 13.6. The molecule has 1 N–H and O–H groups in total. The van der Waals surface area contributed by atoms with Crippen molar-refractivity contribution in [3.63, 3.8) is 0 Å². The third-order valence-electron chi connectivity index (χ3n) is 3.46. The lowest BCUT2D eigenvalue weighted by Crippen LogP contribution is -2.34. The molecule has 18 heavy (non-hydrogen) atoms. The zero-order valence-corrected chi connectivity index (χ0v) is 11.5.